The van der Waals surface area contributed by atoms with E-state index in [0.29, 0.717) is 0 Å². The second-order valence-corrected chi connectivity index (χ2v) is 1.51. The highest BCUT2D eigenvalue weighted by Gasteiger charge is 2.04. The molecule has 0 saturated heterocycles. The quantitative estimate of drug-likeness (QED) is 0.278. The van der Waals surface area contributed by atoms with Gasteiger partial charge in [-0.3, -0.25) is 0 Å². The Kier molecular flexibility index (Phi) is 4.04. The summed E-state index contributed by atoms with van der Waals surface area (Å²) < 4.78 is 4.45. The topological polar surface area (TPSA) is 46.5 Å². The Morgan fingerprint density at radius 3 is 2.80 bits per heavy atom. The Balaban J connectivity index is 3.93. The summed E-state index contributed by atoms with van der Waals surface area (Å²) in [6.45, 7) is 5.22. The highest BCUT2D eigenvalue weighted by Crippen LogP contribution is 1.92. The number of carbonyl (C=O) groups excluding carboxylic acids is 1. The number of allylic oxidation sites excluding steroid dienone is 2. The molecule has 0 heterocycles. The standard InChI is InChI=1S/C7H10O3/c1-3-5-6(8)7(9)10-4-2/h3,5,8H,1,4H2,2H3. The van der Waals surface area contributed by atoms with E-state index in [-0.39, 0.29) is 6.61 Å². The molecule has 0 saturated carbocycles. The van der Waals surface area contributed by atoms with Gasteiger partial charge in [0.1, 0.15) is 0 Å². The van der Waals surface area contributed by atoms with Crippen LogP contribution in [0.2, 0.25) is 0 Å². The van der Waals surface area contributed by atoms with Crippen LogP contribution in [0.4, 0.5) is 0 Å². The van der Waals surface area contributed by atoms with Gasteiger partial charge in [-0.25, -0.2) is 4.79 Å². The van der Waals surface area contributed by atoms with Crippen molar-refractivity contribution in [1.82, 2.24) is 0 Å². The lowest BCUT2D eigenvalue weighted by Gasteiger charge is -1.97. The lowest BCUT2D eigenvalue weighted by molar-refractivity contribution is -0.141. The Morgan fingerprint density at radius 1 is 1.80 bits per heavy atom. The lowest BCUT2D eigenvalue weighted by Crippen LogP contribution is -2.06. The van der Waals surface area contributed by atoms with Crippen molar-refractivity contribution in [3.05, 3.63) is 24.5 Å². The molecule has 0 radical (unpaired) electrons. The third kappa shape index (κ3) is 2.91. The molecule has 0 aliphatic rings. The number of esters is 1. The molecule has 56 valence electrons. The predicted octanol–water partition coefficient (Wildman–Crippen LogP) is 1.18. The van der Waals surface area contributed by atoms with Gasteiger partial charge in [-0.2, -0.15) is 0 Å². The average molecular weight is 142 g/mol. The predicted molar refractivity (Wildman–Crippen MR) is 37.5 cm³/mol. The van der Waals surface area contributed by atoms with E-state index in [0.717, 1.165) is 0 Å². The first-order valence-electron chi connectivity index (χ1n) is 2.91. The molecule has 3 heteroatoms. The van der Waals surface area contributed by atoms with Gasteiger partial charge in [0.25, 0.3) is 0 Å². The van der Waals surface area contributed by atoms with E-state index in [1.54, 1.807) is 6.92 Å². The molecule has 3 nitrogen and oxygen atoms in total. The van der Waals surface area contributed by atoms with Crippen LogP contribution in [0.15, 0.2) is 24.5 Å². The minimum Gasteiger partial charge on any atom is -0.502 e. The molecule has 0 aromatic heterocycles. The summed E-state index contributed by atoms with van der Waals surface area (Å²) in [4.78, 5) is 10.5. The maximum absolute atomic E-state index is 10.5. The number of hydrogen-bond acceptors (Lipinski definition) is 3. The van der Waals surface area contributed by atoms with Crippen molar-refractivity contribution in [1.29, 1.82) is 0 Å². The van der Waals surface area contributed by atoms with E-state index >= 15 is 0 Å². The number of rotatable bonds is 3. The molecule has 0 spiro atoms. The van der Waals surface area contributed by atoms with Crippen molar-refractivity contribution in [2.75, 3.05) is 6.61 Å². The third-order valence-corrected chi connectivity index (χ3v) is 0.760. The van der Waals surface area contributed by atoms with E-state index in [4.69, 9.17) is 5.11 Å². The van der Waals surface area contributed by atoms with Gasteiger partial charge in [-0.1, -0.05) is 12.7 Å². The van der Waals surface area contributed by atoms with Crippen LogP contribution in [0.3, 0.4) is 0 Å². The average Bonchev–Trinajstić information content (AvgIpc) is 1.89. The molecule has 0 unspecified atom stereocenters. The molecule has 0 aliphatic carbocycles. The van der Waals surface area contributed by atoms with Gasteiger partial charge in [-0.15, -0.1) is 0 Å². The summed E-state index contributed by atoms with van der Waals surface area (Å²) in [6.07, 6.45) is 2.49. The van der Waals surface area contributed by atoms with Crippen molar-refractivity contribution < 1.29 is 14.6 Å². The van der Waals surface area contributed by atoms with Gasteiger partial charge < -0.3 is 9.84 Å². The summed E-state index contributed by atoms with van der Waals surface area (Å²) in [5, 5.41) is 8.76. The third-order valence-electron chi connectivity index (χ3n) is 0.760. The van der Waals surface area contributed by atoms with Crippen LogP contribution in [-0.4, -0.2) is 17.7 Å². The van der Waals surface area contributed by atoms with E-state index in [9.17, 15) is 4.79 Å². The monoisotopic (exact) mass is 142 g/mol. The molecule has 0 bridgehead atoms. The summed E-state index contributed by atoms with van der Waals surface area (Å²) in [6, 6.07) is 0. The van der Waals surface area contributed by atoms with E-state index in [2.05, 4.69) is 11.3 Å². The maximum Gasteiger partial charge on any atom is 0.373 e. The molecular weight excluding hydrogens is 132 g/mol. The fraction of sp³-hybridized carbons (Fsp3) is 0.286. The maximum atomic E-state index is 10.5. The van der Waals surface area contributed by atoms with Crippen LogP contribution in [0.5, 0.6) is 0 Å². The number of ether oxygens (including phenoxy) is 1. The Morgan fingerprint density at radius 2 is 2.40 bits per heavy atom. The van der Waals surface area contributed by atoms with Crippen LogP contribution in [0.1, 0.15) is 6.92 Å². The minimum absolute atomic E-state index is 0.258. The van der Waals surface area contributed by atoms with Crippen LogP contribution >= 0.6 is 0 Å². The first-order valence-corrected chi connectivity index (χ1v) is 2.91. The molecule has 0 aliphatic heterocycles. The second-order valence-electron chi connectivity index (χ2n) is 1.51. The van der Waals surface area contributed by atoms with Gasteiger partial charge in [0.15, 0.2) is 0 Å². The fourth-order valence-electron chi connectivity index (χ4n) is 0.385. The van der Waals surface area contributed by atoms with E-state index in [1.807, 2.05) is 0 Å². The largest absolute Gasteiger partial charge is 0.502 e. The second kappa shape index (κ2) is 4.61. The first kappa shape index (κ1) is 8.75. The van der Waals surface area contributed by atoms with Crippen LogP contribution in [0.25, 0.3) is 0 Å². The van der Waals surface area contributed by atoms with Gasteiger partial charge in [0.2, 0.25) is 5.76 Å². The molecular formula is C7H10O3. The van der Waals surface area contributed by atoms with E-state index in [1.165, 1.54) is 12.2 Å². The molecule has 0 aromatic carbocycles. The molecule has 10 heavy (non-hydrogen) atoms. The Bertz CT molecular complexity index is 158. The first-order chi connectivity index (χ1) is 4.72. The zero-order valence-corrected chi connectivity index (χ0v) is 5.83. The van der Waals surface area contributed by atoms with Crippen molar-refractivity contribution in [3.63, 3.8) is 0 Å². The molecule has 0 aromatic rings. The summed E-state index contributed by atoms with van der Waals surface area (Å²) in [7, 11) is 0. The molecule has 0 atom stereocenters. The van der Waals surface area contributed by atoms with Crippen LogP contribution in [0, 0.1) is 0 Å². The van der Waals surface area contributed by atoms with Crippen LogP contribution < -0.4 is 0 Å². The van der Waals surface area contributed by atoms with E-state index < -0.39 is 11.7 Å². The molecule has 0 rings (SSSR count). The van der Waals surface area contributed by atoms with Gasteiger partial charge in [0.05, 0.1) is 6.61 Å². The summed E-state index contributed by atoms with van der Waals surface area (Å²) >= 11 is 0. The zero-order chi connectivity index (χ0) is 7.98. The highest BCUT2D eigenvalue weighted by atomic mass is 16.5. The number of carbonyl (C=O) groups is 1. The number of aliphatic hydroxyl groups excluding tert-OH is 1. The Hall–Kier alpha value is -1.25. The highest BCUT2D eigenvalue weighted by molar-refractivity contribution is 5.85. The molecule has 0 fully saturated rings. The zero-order valence-electron chi connectivity index (χ0n) is 5.83. The summed E-state index contributed by atoms with van der Waals surface area (Å²) in [5.41, 5.74) is 0. The smallest absolute Gasteiger partial charge is 0.373 e. The van der Waals surface area contributed by atoms with Gasteiger partial charge >= 0.3 is 5.97 Å². The SMILES string of the molecule is C=CC=C(O)C(=O)OCC. The molecule has 1 N–H and O–H groups in total. The van der Waals surface area contributed by atoms with Crippen molar-refractivity contribution in [2.24, 2.45) is 0 Å². The van der Waals surface area contributed by atoms with Crippen LogP contribution in [-0.2, 0) is 9.53 Å². The minimum atomic E-state index is -0.720. The van der Waals surface area contributed by atoms with Crippen molar-refractivity contribution in [3.8, 4) is 0 Å². The van der Waals surface area contributed by atoms with Crippen molar-refractivity contribution in [2.45, 2.75) is 6.92 Å². The summed E-state index contributed by atoms with van der Waals surface area (Å²) in [5.74, 6) is -1.14. The number of aliphatic hydroxyl groups is 1. The van der Waals surface area contributed by atoms with Gasteiger partial charge in [-0.05, 0) is 13.0 Å². The Labute approximate surface area is 59.6 Å². The number of hydrogen-bond donors (Lipinski definition) is 1. The normalized spacial score (nSPS) is 10.7. The van der Waals surface area contributed by atoms with Crippen molar-refractivity contribution >= 4 is 5.97 Å². The fourth-order valence-corrected chi connectivity index (χ4v) is 0.385. The molecule has 0 amide bonds. The van der Waals surface area contributed by atoms with Gasteiger partial charge in [0, 0.05) is 0 Å². The lowest BCUT2D eigenvalue weighted by atomic mass is 10.4.